The molecule has 9 nitrogen and oxygen atoms in total. The second kappa shape index (κ2) is 8.42. The van der Waals surface area contributed by atoms with Crippen molar-refractivity contribution < 1.29 is 9.72 Å². The van der Waals surface area contributed by atoms with E-state index >= 15 is 0 Å². The predicted octanol–water partition coefficient (Wildman–Crippen LogP) is 2.93. The third-order valence-electron chi connectivity index (χ3n) is 5.97. The van der Waals surface area contributed by atoms with E-state index in [1.807, 2.05) is 12.1 Å². The number of hydrogen-bond donors (Lipinski definition) is 0. The minimum Gasteiger partial charge on any atom is -0.373 e. The molecule has 3 aliphatic heterocycles. The van der Waals surface area contributed by atoms with Gasteiger partial charge in [-0.25, -0.2) is 4.99 Å². The molecule has 0 saturated carbocycles. The fourth-order valence-electron chi connectivity index (χ4n) is 4.17. The number of amidine groups is 1. The average molecular weight is 465 g/mol. The SMILES string of the molecule is CN1CCN(C=C2N=C3CN=C(c4ccccc4Cl)c4cc([N+](=O)[O-])ccc4N3C2=O)CC1. The van der Waals surface area contributed by atoms with Crippen LogP contribution in [0.3, 0.4) is 0 Å². The van der Waals surface area contributed by atoms with Gasteiger partial charge < -0.3 is 9.80 Å². The summed E-state index contributed by atoms with van der Waals surface area (Å²) in [5, 5.41) is 12.0. The number of hydrogen-bond acceptors (Lipinski definition) is 7. The zero-order valence-corrected chi connectivity index (χ0v) is 18.7. The van der Waals surface area contributed by atoms with E-state index in [0.29, 0.717) is 39.1 Å². The molecule has 1 amide bonds. The first-order valence-corrected chi connectivity index (χ1v) is 10.9. The molecule has 0 bridgehead atoms. The summed E-state index contributed by atoms with van der Waals surface area (Å²) >= 11 is 6.43. The van der Waals surface area contributed by atoms with Gasteiger partial charge in [-0.05, 0) is 19.2 Å². The Bertz CT molecular complexity index is 1250. The van der Waals surface area contributed by atoms with Crippen LogP contribution in [0.5, 0.6) is 0 Å². The molecular formula is C23H21ClN6O3. The molecule has 3 heterocycles. The molecular weight excluding hydrogens is 444 g/mol. The van der Waals surface area contributed by atoms with Crippen LogP contribution in [-0.2, 0) is 4.79 Å². The van der Waals surface area contributed by atoms with Crippen molar-refractivity contribution in [3.63, 3.8) is 0 Å². The predicted molar refractivity (Wildman–Crippen MR) is 127 cm³/mol. The van der Waals surface area contributed by atoms with E-state index in [0.717, 1.165) is 26.2 Å². The Kier molecular flexibility index (Phi) is 5.43. The maximum Gasteiger partial charge on any atom is 0.284 e. The number of carbonyl (C=O) groups is 1. The number of halogens is 1. The zero-order chi connectivity index (χ0) is 23.1. The number of amides is 1. The molecule has 1 saturated heterocycles. The molecule has 0 aliphatic carbocycles. The smallest absolute Gasteiger partial charge is 0.284 e. The van der Waals surface area contributed by atoms with Crippen molar-refractivity contribution in [1.82, 2.24) is 9.80 Å². The number of piperazine rings is 1. The summed E-state index contributed by atoms with van der Waals surface area (Å²) in [4.78, 5) is 39.6. The first-order chi connectivity index (χ1) is 15.9. The van der Waals surface area contributed by atoms with Crippen molar-refractivity contribution in [3.8, 4) is 0 Å². The highest BCUT2D eigenvalue weighted by molar-refractivity contribution is 6.37. The summed E-state index contributed by atoms with van der Waals surface area (Å²) < 4.78 is 0. The molecule has 3 aliphatic rings. The molecule has 0 unspecified atom stereocenters. The number of likely N-dealkylation sites (N-methyl/N-ethyl adjacent to an activating group) is 1. The molecule has 1 fully saturated rings. The molecule has 0 spiro atoms. The van der Waals surface area contributed by atoms with E-state index in [-0.39, 0.29) is 18.1 Å². The largest absolute Gasteiger partial charge is 0.373 e. The Hall–Kier alpha value is -3.56. The monoisotopic (exact) mass is 464 g/mol. The van der Waals surface area contributed by atoms with E-state index in [4.69, 9.17) is 16.6 Å². The molecule has 2 aromatic carbocycles. The van der Waals surface area contributed by atoms with Gasteiger partial charge in [-0.15, -0.1) is 0 Å². The van der Waals surface area contributed by atoms with Crippen LogP contribution in [0.15, 0.2) is 64.3 Å². The van der Waals surface area contributed by atoms with Crippen molar-refractivity contribution in [1.29, 1.82) is 0 Å². The van der Waals surface area contributed by atoms with Crippen molar-refractivity contribution in [2.45, 2.75) is 0 Å². The first kappa shape index (κ1) is 21.3. The number of aliphatic imine (C=N–C) groups is 2. The van der Waals surface area contributed by atoms with Crippen LogP contribution in [-0.4, -0.2) is 71.9 Å². The average Bonchev–Trinajstić information content (AvgIpc) is 3.01. The van der Waals surface area contributed by atoms with Gasteiger partial charge in [0.05, 0.1) is 22.9 Å². The van der Waals surface area contributed by atoms with Crippen LogP contribution in [0.4, 0.5) is 11.4 Å². The van der Waals surface area contributed by atoms with E-state index < -0.39 is 4.92 Å². The molecule has 168 valence electrons. The Morgan fingerprint density at radius 1 is 1.09 bits per heavy atom. The van der Waals surface area contributed by atoms with Gasteiger partial charge in [0.2, 0.25) is 0 Å². The number of fused-ring (bicyclic) bond motifs is 3. The minimum absolute atomic E-state index is 0.0891. The summed E-state index contributed by atoms with van der Waals surface area (Å²) in [6.45, 7) is 3.60. The molecule has 5 rings (SSSR count). The third kappa shape index (κ3) is 3.90. The number of non-ortho nitro benzene ring substituents is 1. The van der Waals surface area contributed by atoms with Crippen LogP contribution in [0.1, 0.15) is 11.1 Å². The van der Waals surface area contributed by atoms with Gasteiger partial charge in [-0.2, -0.15) is 0 Å². The lowest BCUT2D eigenvalue weighted by Crippen LogP contribution is -2.42. The van der Waals surface area contributed by atoms with Gasteiger partial charge in [0.1, 0.15) is 11.5 Å². The second-order valence-electron chi connectivity index (χ2n) is 8.13. The highest BCUT2D eigenvalue weighted by atomic mass is 35.5. The van der Waals surface area contributed by atoms with Gasteiger partial charge >= 0.3 is 0 Å². The number of carbonyl (C=O) groups excluding carboxylic acids is 1. The van der Waals surface area contributed by atoms with Crippen molar-refractivity contribution in [3.05, 3.63) is 80.6 Å². The summed E-state index contributed by atoms with van der Waals surface area (Å²) in [7, 11) is 2.07. The van der Waals surface area contributed by atoms with Gasteiger partial charge in [0.15, 0.2) is 0 Å². The van der Waals surface area contributed by atoms with Crippen LogP contribution >= 0.6 is 11.6 Å². The van der Waals surface area contributed by atoms with Gasteiger partial charge in [-0.1, -0.05) is 29.8 Å². The number of benzene rings is 2. The number of nitro benzene ring substituents is 1. The molecule has 0 radical (unpaired) electrons. The highest BCUT2D eigenvalue weighted by Crippen LogP contribution is 2.35. The van der Waals surface area contributed by atoms with Crippen LogP contribution < -0.4 is 4.90 Å². The Balaban J connectivity index is 1.60. The van der Waals surface area contributed by atoms with E-state index in [2.05, 4.69) is 21.8 Å². The van der Waals surface area contributed by atoms with E-state index in [1.165, 1.54) is 17.0 Å². The topological polar surface area (TPSA) is 94.7 Å². The standard InChI is InChI=1S/C23H21ClN6O3/c1-27-8-10-28(11-9-27)14-19-23(31)29-20-7-6-15(30(32)33)12-17(20)22(25-13-21(29)26-19)16-4-2-3-5-18(16)24/h2-7,12,14H,8-11,13H2,1H3. The number of anilines is 1. The first-order valence-electron chi connectivity index (χ1n) is 10.6. The number of rotatable bonds is 3. The lowest BCUT2D eigenvalue weighted by Gasteiger charge is -2.31. The number of nitro groups is 1. The van der Waals surface area contributed by atoms with Crippen molar-refractivity contribution in [2.24, 2.45) is 9.98 Å². The molecule has 0 N–H and O–H groups in total. The van der Waals surface area contributed by atoms with Crippen LogP contribution in [0.25, 0.3) is 0 Å². The molecule has 0 atom stereocenters. The summed E-state index contributed by atoms with van der Waals surface area (Å²) in [6, 6.07) is 11.6. The minimum atomic E-state index is -0.463. The highest BCUT2D eigenvalue weighted by Gasteiger charge is 2.36. The maximum atomic E-state index is 13.4. The van der Waals surface area contributed by atoms with Gasteiger partial charge in [0, 0.05) is 60.7 Å². The van der Waals surface area contributed by atoms with Crippen LogP contribution in [0.2, 0.25) is 5.02 Å². The quantitative estimate of drug-likeness (QED) is 0.395. The van der Waals surface area contributed by atoms with Gasteiger partial charge in [-0.3, -0.25) is 24.8 Å². The zero-order valence-electron chi connectivity index (χ0n) is 17.9. The Labute approximate surface area is 195 Å². The second-order valence-corrected chi connectivity index (χ2v) is 8.53. The van der Waals surface area contributed by atoms with Crippen molar-refractivity contribution in [2.75, 3.05) is 44.7 Å². The Morgan fingerprint density at radius 3 is 2.58 bits per heavy atom. The lowest BCUT2D eigenvalue weighted by atomic mass is 9.99. The molecule has 10 heteroatoms. The number of nitrogens with zero attached hydrogens (tertiary/aromatic N) is 6. The maximum absolute atomic E-state index is 13.4. The van der Waals surface area contributed by atoms with Crippen LogP contribution in [0, 0.1) is 10.1 Å². The van der Waals surface area contributed by atoms with Gasteiger partial charge in [0.25, 0.3) is 11.6 Å². The normalized spacial score (nSPS) is 19.7. The van der Waals surface area contributed by atoms with E-state index in [1.54, 1.807) is 24.4 Å². The van der Waals surface area contributed by atoms with Crippen molar-refractivity contribution >= 4 is 40.4 Å². The fraction of sp³-hybridized carbons (Fsp3) is 0.261. The fourth-order valence-corrected chi connectivity index (χ4v) is 4.40. The molecule has 0 aromatic heterocycles. The molecule has 2 aromatic rings. The lowest BCUT2D eigenvalue weighted by molar-refractivity contribution is -0.384. The summed E-state index contributed by atoms with van der Waals surface area (Å²) in [5.41, 5.74) is 2.36. The molecule has 33 heavy (non-hydrogen) atoms. The Morgan fingerprint density at radius 2 is 1.85 bits per heavy atom. The van der Waals surface area contributed by atoms with E-state index in [9.17, 15) is 14.9 Å². The summed E-state index contributed by atoms with van der Waals surface area (Å²) in [6.07, 6.45) is 1.81. The third-order valence-corrected chi connectivity index (χ3v) is 6.30. The summed E-state index contributed by atoms with van der Waals surface area (Å²) in [5.74, 6) is 0.215.